The molecule has 1 aromatic carbocycles. The van der Waals surface area contributed by atoms with Crippen molar-refractivity contribution in [2.24, 2.45) is 0 Å². The van der Waals surface area contributed by atoms with E-state index in [0.717, 1.165) is 18.4 Å². The second-order valence-corrected chi connectivity index (χ2v) is 6.99. The molecule has 0 spiro atoms. The lowest BCUT2D eigenvalue weighted by molar-refractivity contribution is -0.122. The maximum Gasteiger partial charge on any atom is 0.262 e. The van der Waals surface area contributed by atoms with Crippen LogP contribution in [-0.4, -0.2) is 24.4 Å². The molecule has 0 saturated heterocycles. The topological polar surface area (TPSA) is 58.2 Å². The average molecular weight is 359 g/mol. The molecule has 0 aliphatic heterocycles. The highest BCUT2D eigenvalue weighted by Crippen LogP contribution is 2.10. The second kappa shape index (κ2) is 10.7. The van der Waals surface area contributed by atoms with E-state index in [2.05, 4.69) is 17.6 Å². The van der Waals surface area contributed by atoms with Gasteiger partial charge in [-0.1, -0.05) is 62.6 Å². The summed E-state index contributed by atoms with van der Waals surface area (Å²) in [5, 5.41) is 7.70. The van der Waals surface area contributed by atoms with Crippen molar-refractivity contribution < 1.29 is 9.59 Å². The number of hydrogen-bond acceptors (Lipinski definition) is 3. The van der Waals surface area contributed by atoms with Crippen LogP contribution in [0, 0.1) is 0 Å². The molecule has 0 aliphatic rings. The van der Waals surface area contributed by atoms with Crippen LogP contribution in [0.2, 0.25) is 0 Å². The van der Waals surface area contributed by atoms with Gasteiger partial charge in [0.05, 0.1) is 4.88 Å². The van der Waals surface area contributed by atoms with E-state index >= 15 is 0 Å². The molecular weight excluding hydrogens is 332 g/mol. The van der Waals surface area contributed by atoms with Gasteiger partial charge in [-0.25, -0.2) is 0 Å². The molecular formula is C20H26N2O2S. The number of amides is 2. The van der Waals surface area contributed by atoms with E-state index in [1.165, 1.54) is 24.2 Å². The third-order valence-corrected chi connectivity index (χ3v) is 4.85. The molecule has 2 amide bonds. The molecule has 1 unspecified atom stereocenters. The van der Waals surface area contributed by atoms with E-state index < -0.39 is 6.04 Å². The maximum atomic E-state index is 12.6. The van der Waals surface area contributed by atoms with Crippen molar-refractivity contribution in [3.8, 4) is 0 Å². The SMILES string of the molecule is CCCCCCNC(=O)C(Cc1ccccc1)NC(=O)c1cccs1. The highest BCUT2D eigenvalue weighted by atomic mass is 32.1. The third kappa shape index (κ3) is 6.70. The lowest BCUT2D eigenvalue weighted by atomic mass is 10.0. The van der Waals surface area contributed by atoms with Gasteiger partial charge in [-0.05, 0) is 23.4 Å². The summed E-state index contributed by atoms with van der Waals surface area (Å²) in [6, 6.07) is 12.8. The fraction of sp³-hybridized carbons (Fsp3) is 0.400. The highest BCUT2D eigenvalue weighted by Gasteiger charge is 2.22. The van der Waals surface area contributed by atoms with Crippen LogP contribution in [0.15, 0.2) is 47.8 Å². The predicted molar refractivity (Wildman–Crippen MR) is 103 cm³/mol. The molecule has 2 N–H and O–H groups in total. The van der Waals surface area contributed by atoms with Crippen LogP contribution in [-0.2, 0) is 11.2 Å². The highest BCUT2D eigenvalue weighted by molar-refractivity contribution is 7.12. The summed E-state index contributed by atoms with van der Waals surface area (Å²) in [6.45, 7) is 2.81. The fourth-order valence-corrected chi connectivity index (χ4v) is 3.21. The van der Waals surface area contributed by atoms with Crippen LogP contribution in [0.5, 0.6) is 0 Å². The molecule has 1 atom stereocenters. The number of thiophene rings is 1. The van der Waals surface area contributed by atoms with E-state index in [1.807, 2.05) is 41.8 Å². The van der Waals surface area contributed by atoms with E-state index in [-0.39, 0.29) is 11.8 Å². The van der Waals surface area contributed by atoms with Gasteiger partial charge in [-0.3, -0.25) is 9.59 Å². The minimum atomic E-state index is -0.567. The number of carbonyl (C=O) groups excluding carboxylic acids is 2. The van der Waals surface area contributed by atoms with Gasteiger partial charge < -0.3 is 10.6 Å². The van der Waals surface area contributed by atoms with Gasteiger partial charge >= 0.3 is 0 Å². The van der Waals surface area contributed by atoms with Crippen LogP contribution in [0.3, 0.4) is 0 Å². The van der Waals surface area contributed by atoms with Gasteiger partial charge in [0.15, 0.2) is 0 Å². The number of unbranched alkanes of at least 4 members (excludes halogenated alkanes) is 3. The zero-order valence-electron chi connectivity index (χ0n) is 14.7. The Balaban J connectivity index is 1.95. The molecule has 0 fully saturated rings. The van der Waals surface area contributed by atoms with Crippen LogP contribution < -0.4 is 10.6 Å². The molecule has 0 bridgehead atoms. The Labute approximate surface area is 153 Å². The molecule has 25 heavy (non-hydrogen) atoms. The van der Waals surface area contributed by atoms with Crippen molar-refractivity contribution in [2.75, 3.05) is 6.54 Å². The Morgan fingerprint density at radius 1 is 1.04 bits per heavy atom. The van der Waals surface area contributed by atoms with Gasteiger partial charge in [-0.15, -0.1) is 11.3 Å². The minimum Gasteiger partial charge on any atom is -0.354 e. The summed E-state index contributed by atoms with van der Waals surface area (Å²) in [5.74, 6) is -0.317. The Morgan fingerprint density at radius 3 is 2.52 bits per heavy atom. The first kappa shape index (κ1) is 19.2. The molecule has 4 nitrogen and oxygen atoms in total. The normalized spacial score (nSPS) is 11.7. The molecule has 0 aliphatic carbocycles. The number of hydrogen-bond donors (Lipinski definition) is 2. The van der Waals surface area contributed by atoms with Crippen molar-refractivity contribution in [3.63, 3.8) is 0 Å². The average Bonchev–Trinajstić information content (AvgIpc) is 3.16. The van der Waals surface area contributed by atoms with Crippen molar-refractivity contribution in [1.29, 1.82) is 0 Å². The van der Waals surface area contributed by atoms with E-state index in [4.69, 9.17) is 0 Å². The summed E-state index contributed by atoms with van der Waals surface area (Å²) in [5.41, 5.74) is 1.03. The number of rotatable bonds is 10. The first-order valence-corrected chi connectivity index (χ1v) is 9.74. The van der Waals surface area contributed by atoms with Crippen molar-refractivity contribution >= 4 is 23.2 Å². The van der Waals surface area contributed by atoms with Crippen LogP contribution in [0.1, 0.15) is 47.8 Å². The van der Waals surface area contributed by atoms with Crippen LogP contribution in [0.4, 0.5) is 0 Å². The zero-order valence-corrected chi connectivity index (χ0v) is 15.5. The number of carbonyl (C=O) groups is 2. The van der Waals surface area contributed by atoms with E-state index in [9.17, 15) is 9.59 Å². The fourth-order valence-electron chi connectivity index (χ4n) is 2.58. The Morgan fingerprint density at radius 2 is 1.84 bits per heavy atom. The Bertz CT molecular complexity index is 641. The van der Waals surface area contributed by atoms with Crippen molar-refractivity contribution in [3.05, 3.63) is 58.3 Å². The van der Waals surface area contributed by atoms with Crippen LogP contribution in [0.25, 0.3) is 0 Å². The summed E-state index contributed by atoms with van der Waals surface area (Å²) >= 11 is 1.37. The van der Waals surface area contributed by atoms with Crippen molar-refractivity contribution in [1.82, 2.24) is 10.6 Å². The summed E-state index contributed by atoms with van der Waals surface area (Å²) in [7, 11) is 0. The standard InChI is InChI=1S/C20H26N2O2S/c1-2-3-4-8-13-21-19(23)17(15-16-10-6-5-7-11-16)22-20(24)18-12-9-14-25-18/h5-7,9-12,14,17H,2-4,8,13,15H2,1H3,(H,21,23)(H,22,24). The molecule has 5 heteroatoms. The Kier molecular flexibility index (Phi) is 8.19. The molecule has 1 aromatic heterocycles. The van der Waals surface area contributed by atoms with Crippen molar-refractivity contribution in [2.45, 2.75) is 45.1 Å². The van der Waals surface area contributed by atoms with Gasteiger partial charge in [0.2, 0.25) is 5.91 Å². The van der Waals surface area contributed by atoms with Crippen LogP contribution >= 0.6 is 11.3 Å². The predicted octanol–water partition coefficient (Wildman–Crippen LogP) is 3.79. The third-order valence-electron chi connectivity index (χ3n) is 3.98. The molecule has 2 aromatic rings. The first-order valence-electron chi connectivity index (χ1n) is 8.86. The maximum absolute atomic E-state index is 12.6. The van der Waals surface area contributed by atoms with E-state index in [0.29, 0.717) is 17.8 Å². The van der Waals surface area contributed by atoms with Gasteiger partial charge in [0.1, 0.15) is 6.04 Å². The van der Waals surface area contributed by atoms with Gasteiger partial charge in [-0.2, -0.15) is 0 Å². The van der Waals surface area contributed by atoms with Gasteiger partial charge in [0, 0.05) is 13.0 Å². The number of nitrogens with one attached hydrogen (secondary N) is 2. The smallest absolute Gasteiger partial charge is 0.262 e. The lowest BCUT2D eigenvalue weighted by Gasteiger charge is -2.18. The summed E-state index contributed by atoms with van der Waals surface area (Å²) < 4.78 is 0. The molecule has 2 rings (SSSR count). The zero-order chi connectivity index (χ0) is 17.9. The first-order chi connectivity index (χ1) is 12.2. The van der Waals surface area contributed by atoms with E-state index in [1.54, 1.807) is 6.07 Å². The quantitative estimate of drug-likeness (QED) is 0.635. The summed E-state index contributed by atoms with van der Waals surface area (Å²) in [4.78, 5) is 25.5. The second-order valence-electron chi connectivity index (χ2n) is 6.04. The lowest BCUT2D eigenvalue weighted by Crippen LogP contribution is -2.48. The van der Waals surface area contributed by atoms with Gasteiger partial charge in [0.25, 0.3) is 5.91 Å². The molecule has 134 valence electrons. The largest absolute Gasteiger partial charge is 0.354 e. The summed E-state index contributed by atoms with van der Waals surface area (Å²) in [6.07, 6.45) is 4.91. The Hall–Kier alpha value is -2.14. The number of benzene rings is 1. The minimum absolute atomic E-state index is 0.120. The monoisotopic (exact) mass is 358 g/mol. The molecule has 1 heterocycles. The molecule has 0 radical (unpaired) electrons. The molecule has 0 saturated carbocycles.